The molecule has 1 saturated carbocycles. The van der Waals surface area contributed by atoms with Crippen molar-refractivity contribution in [2.75, 3.05) is 20.3 Å². The molecular weight excluding hydrogens is 518 g/mol. The van der Waals surface area contributed by atoms with Crippen LogP contribution in [0.4, 0.5) is 0 Å². The van der Waals surface area contributed by atoms with E-state index in [0.29, 0.717) is 44.7 Å². The molecule has 0 heterocycles. The SMILES string of the molecule is CC(=O)CCC1CCCC1.CCOC(=O)CCCOc1ccc(C[C@H](N)C(=O)CCCc2ccc(OC)cc2)cc1. The minimum absolute atomic E-state index is 0.0767. The van der Waals surface area contributed by atoms with E-state index in [4.69, 9.17) is 19.9 Å². The highest BCUT2D eigenvalue weighted by atomic mass is 16.5. The molecule has 41 heavy (non-hydrogen) atoms. The summed E-state index contributed by atoms with van der Waals surface area (Å²) in [6.45, 7) is 4.33. The van der Waals surface area contributed by atoms with Gasteiger partial charge >= 0.3 is 5.97 Å². The molecule has 0 amide bonds. The lowest BCUT2D eigenvalue weighted by atomic mass is 9.98. The Morgan fingerprint density at radius 2 is 1.51 bits per heavy atom. The van der Waals surface area contributed by atoms with Crippen molar-refractivity contribution in [1.82, 2.24) is 0 Å². The van der Waals surface area contributed by atoms with Crippen molar-refractivity contribution < 1.29 is 28.6 Å². The van der Waals surface area contributed by atoms with Gasteiger partial charge in [0.05, 0.1) is 26.4 Å². The van der Waals surface area contributed by atoms with Crippen LogP contribution in [0.1, 0.15) is 89.2 Å². The standard InChI is InChI=1S/C25H33NO5.C9H16O/c1-3-30-25(28)8-5-17-31-22-15-11-20(12-16-22)18-23(26)24(27)7-4-6-19-9-13-21(29-2)14-10-19;1-8(10)6-7-9-4-2-3-5-9/h9-16,23H,3-8,17-18,26H2,1-2H3;9H,2-7H2,1H3/t23-;/m0./s1. The average Bonchev–Trinajstić information content (AvgIpc) is 3.50. The number of carbonyl (C=O) groups excluding carboxylic acids is 3. The fourth-order valence-corrected chi connectivity index (χ4v) is 4.88. The number of carbonyl (C=O) groups is 3. The van der Waals surface area contributed by atoms with Crippen LogP contribution in [0, 0.1) is 5.92 Å². The second kappa shape index (κ2) is 19.8. The zero-order chi connectivity index (χ0) is 29.9. The van der Waals surface area contributed by atoms with Gasteiger partial charge in [-0.2, -0.15) is 0 Å². The zero-order valence-electron chi connectivity index (χ0n) is 25.2. The third-order valence-electron chi connectivity index (χ3n) is 7.32. The van der Waals surface area contributed by atoms with Gasteiger partial charge in [-0.3, -0.25) is 9.59 Å². The molecule has 0 spiro atoms. The van der Waals surface area contributed by atoms with E-state index in [2.05, 4.69) is 0 Å². The van der Waals surface area contributed by atoms with Gasteiger partial charge in [0.2, 0.25) is 0 Å². The molecule has 2 aromatic carbocycles. The second-order valence-corrected chi connectivity index (χ2v) is 10.8. The summed E-state index contributed by atoms with van der Waals surface area (Å²) in [6, 6.07) is 14.9. The third-order valence-corrected chi connectivity index (χ3v) is 7.32. The molecule has 2 aromatic rings. The molecule has 1 aliphatic carbocycles. The largest absolute Gasteiger partial charge is 0.497 e. The van der Waals surface area contributed by atoms with Gasteiger partial charge < -0.3 is 24.7 Å². The molecule has 0 aromatic heterocycles. The molecule has 0 unspecified atom stereocenters. The summed E-state index contributed by atoms with van der Waals surface area (Å²) in [5.41, 5.74) is 8.29. The van der Waals surface area contributed by atoms with Gasteiger partial charge in [0.15, 0.2) is 0 Å². The lowest BCUT2D eigenvalue weighted by Gasteiger charge is -2.12. The minimum atomic E-state index is -0.507. The van der Waals surface area contributed by atoms with Crippen molar-refractivity contribution in [2.24, 2.45) is 11.7 Å². The number of aryl methyl sites for hydroxylation is 1. The Balaban J connectivity index is 0.000000493. The number of rotatable bonds is 17. The first-order valence-electron chi connectivity index (χ1n) is 15.1. The Bertz CT molecular complexity index is 1030. The van der Waals surface area contributed by atoms with Crippen LogP contribution in [0.5, 0.6) is 11.5 Å². The smallest absolute Gasteiger partial charge is 0.305 e. The number of ketones is 2. The van der Waals surface area contributed by atoms with E-state index in [9.17, 15) is 14.4 Å². The fraction of sp³-hybridized carbons (Fsp3) is 0.559. The Kier molecular flexibility index (Phi) is 16.4. The molecule has 7 heteroatoms. The molecule has 0 saturated heterocycles. The maximum absolute atomic E-state index is 12.4. The van der Waals surface area contributed by atoms with Crippen LogP contribution in [-0.2, 0) is 32.0 Å². The van der Waals surface area contributed by atoms with Crippen LogP contribution in [0.15, 0.2) is 48.5 Å². The van der Waals surface area contributed by atoms with Crippen molar-refractivity contribution in [1.29, 1.82) is 0 Å². The zero-order valence-corrected chi connectivity index (χ0v) is 25.2. The number of methoxy groups -OCH3 is 1. The van der Waals surface area contributed by atoms with Gasteiger partial charge in [0.1, 0.15) is 23.1 Å². The molecule has 1 aliphatic rings. The predicted octanol–water partition coefficient (Wildman–Crippen LogP) is 6.42. The predicted molar refractivity (Wildman–Crippen MR) is 162 cm³/mol. The molecule has 0 radical (unpaired) electrons. The van der Waals surface area contributed by atoms with Gasteiger partial charge in [-0.25, -0.2) is 0 Å². The van der Waals surface area contributed by atoms with Crippen LogP contribution in [-0.4, -0.2) is 43.9 Å². The second-order valence-electron chi connectivity index (χ2n) is 10.8. The fourth-order valence-electron chi connectivity index (χ4n) is 4.88. The van der Waals surface area contributed by atoms with Gasteiger partial charge in [-0.05, 0) is 87.3 Å². The molecule has 226 valence electrons. The van der Waals surface area contributed by atoms with Crippen LogP contribution >= 0.6 is 0 Å². The van der Waals surface area contributed by atoms with Crippen LogP contribution in [0.25, 0.3) is 0 Å². The molecule has 0 aliphatic heterocycles. The minimum Gasteiger partial charge on any atom is -0.497 e. The average molecular weight is 568 g/mol. The first kappa shape index (κ1) is 34.0. The molecule has 1 atom stereocenters. The van der Waals surface area contributed by atoms with Crippen LogP contribution in [0.3, 0.4) is 0 Å². The summed E-state index contributed by atoms with van der Waals surface area (Å²) >= 11 is 0. The molecule has 1 fully saturated rings. The van der Waals surface area contributed by atoms with Gasteiger partial charge in [0.25, 0.3) is 0 Å². The molecular formula is C34H49NO6. The number of nitrogens with two attached hydrogens (primary N) is 1. The van der Waals surface area contributed by atoms with E-state index in [1.165, 1.54) is 31.2 Å². The van der Waals surface area contributed by atoms with E-state index in [-0.39, 0.29) is 11.8 Å². The molecule has 0 bridgehead atoms. The van der Waals surface area contributed by atoms with Crippen molar-refractivity contribution in [3.63, 3.8) is 0 Å². The lowest BCUT2D eigenvalue weighted by Crippen LogP contribution is -2.32. The van der Waals surface area contributed by atoms with Gasteiger partial charge in [-0.15, -0.1) is 0 Å². The van der Waals surface area contributed by atoms with Crippen molar-refractivity contribution >= 4 is 17.5 Å². The number of hydrogen-bond donors (Lipinski definition) is 1. The maximum Gasteiger partial charge on any atom is 0.305 e. The van der Waals surface area contributed by atoms with Gasteiger partial charge in [0, 0.05) is 19.3 Å². The highest BCUT2D eigenvalue weighted by Gasteiger charge is 2.15. The Morgan fingerprint density at radius 3 is 2.12 bits per heavy atom. The Labute approximate surface area is 246 Å². The summed E-state index contributed by atoms with van der Waals surface area (Å²) < 4.78 is 15.7. The van der Waals surface area contributed by atoms with E-state index >= 15 is 0 Å². The summed E-state index contributed by atoms with van der Waals surface area (Å²) in [4.78, 5) is 34.3. The first-order valence-corrected chi connectivity index (χ1v) is 15.1. The number of hydrogen-bond acceptors (Lipinski definition) is 7. The van der Waals surface area contributed by atoms with Gasteiger partial charge in [-0.1, -0.05) is 49.9 Å². The van der Waals surface area contributed by atoms with Crippen LogP contribution in [0.2, 0.25) is 0 Å². The van der Waals surface area contributed by atoms with Crippen molar-refractivity contribution in [3.05, 3.63) is 59.7 Å². The molecule has 3 rings (SSSR count). The number of ether oxygens (including phenoxy) is 3. The van der Waals surface area contributed by atoms with Crippen molar-refractivity contribution in [2.45, 2.75) is 96.9 Å². The topological polar surface area (TPSA) is 105 Å². The highest BCUT2D eigenvalue weighted by molar-refractivity contribution is 5.84. The summed E-state index contributed by atoms with van der Waals surface area (Å²) in [7, 11) is 1.64. The van der Waals surface area contributed by atoms with E-state index in [1.54, 1.807) is 21.0 Å². The van der Waals surface area contributed by atoms with E-state index in [0.717, 1.165) is 48.7 Å². The number of Topliss-reactive ketones (excluding diaryl/α,β-unsaturated/α-hetero) is 2. The summed E-state index contributed by atoms with van der Waals surface area (Å²) in [5.74, 6) is 2.66. The number of benzene rings is 2. The van der Waals surface area contributed by atoms with Crippen molar-refractivity contribution in [3.8, 4) is 11.5 Å². The summed E-state index contributed by atoms with van der Waals surface area (Å²) in [5, 5.41) is 0. The first-order chi connectivity index (χ1) is 19.8. The quantitative estimate of drug-likeness (QED) is 0.174. The number of esters is 1. The Morgan fingerprint density at radius 1 is 0.878 bits per heavy atom. The van der Waals surface area contributed by atoms with E-state index < -0.39 is 6.04 Å². The Hall–Kier alpha value is -3.19. The van der Waals surface area contributed by atoms with Crippen LogP contribution < -0.4 is 15.2 Å². The maximum atomic E-state index is 12.4. The lowest BCUT2D eigenvalue weighted by molar-refractivity contribution is -0.143. The molecule has 2 N–H and O–H groups in total. The monoisotopic (exact) mass is 567 g/mol. The summed E-state index contributed by atoms with van der Waals surface area (Å²) in [6.07, 6.45) is 11.0. The normalized spacial score (nSPS) is 13.6. The highest BCUT2D eigenvalue weighted by Crippen LogP contribution is 2.28. The van der Waals surface area contributed by atoms with E-state index in [1.807, 2.05) is 48.5 Å². The molecule has 7 nitrogen and oxygen atoms in total. The third kappa shape index (κ3) is 14.8.